The van der Waals surface area contributed by atoms with Crippen molar-refractivity contribution in [2.75, 3.05) is 9.80 Å². The molecule has 2 nitrogen and oxygen atoms in total. The van der Waals surface area contributed by atoms with E-state index in [-0.39, 0.29) is 10.8 Å². The van der Waals surface area contributed by atoms with Crippen LogP contribution in [0, 0.1) is 13.8 Å². The fourth-order valence-corrected chi connectivity index (χ4v) is 10.00. The van der Waals surface area contributed by atoms with Crippen molar-refractivity contribution in [1.82, 2.24) is 0 Å². The Morgan fingerprint density at radius 2 is 0.639 bits per heavy atom. The highest BCUT2D eigenvalue weighted by Gasteiger charge is 2.53. The Morgan fingerprint density at radius 3 is 1.00 bits per heavy atom. The molecule has 8 aromatic rings. The molecular weight excluding hydrogens is 737 g/mol. The van der Waals surface area contributed by atoms with Gasteiger partial charge >= 0.3 is 0 Å². The lowest BCUT2D eigenvalue weighted by Crippen LogP contribution is -2.28. The molecule has 0 aromatic heterocycles. The highest BCUT2D eigenvalue weighted by Crippen LogP contribution is 2.65. The molecule has 0 amide bonds. The number of rotatable bonds is 6. The van der Waals surface area contributed by atoms with Crippen LogP contribution >= 0.6 is 0 Å². The molecule has 0 N–H and O–H groups in total. The first-order valence-corrected chi connectivity index (χ1v) is 21.8. The van der Waals surface area contributed by atoms with Gasteiger partial charge in [-0.15, -0.1) is 0 Å². The Balaban J connectivity index is 1.32. The van der Waals surface area contributed by atoms with E-state index in [2.05, 4.69) is 247 Å². The number of fused-ring (bicyclic) bond motifs is 10. The van der Waals surface area contributed by atoms with E-state index in [1.54, 1.807) is 0 Å². The second-order valence-electron chi connectivity index (χ2n) is 19.3. The Hall–Kier alpha value is -6.64. The SMILES string of the molecule is Cc1cccc(N(c2ccccc2)c2ccc3c(c2)C2(c4cc(N(c5ccccc5)c5cccc(C)c5)ccc4-3)c3cc(C(C)(C)C)ccc3-c3ccc(C(C)(C)C)cc32)c1. The first-order chi connectivity index (χ1) is 29.3. The predicted octanol–water partition coefficient (Wildman–Crippen LogP) is 16.2. The van der Waals surface area contributed by atoms with Gasteiger partial charge in [0.05, 0.1) is 5.41 Å². The number of para-hydroxylation sites is 2. The Bertz CT molecular complexity index is 2760. The van der Waals surface area contributed by atoms with E-state index in [1.807, 2.05) is 0 Å². The summed E-state index contributed by atoms with van der Waals surface area (Å²) in [6, 6.07) is 68.6. The van der Waals surface area contributed by atoms with Gasteiger partial charge in [-0.3, -0.25) is 0 Å². The molecule has 0 fully saturated rings. The molecule has 2 aliphatic carbocycles. The summed E-state index contributed by atoms with van der Waals surface area (Å²) in [7, 11) is 0. The maximum atomic E-state index is 2.55. The zero-order valence-electron chi connectivity index (χ0n) is 36.7. The molecule has 10 rings (SSSR count). The topological polar surface area (TPSA) is 6.48 Å². The van der Waals surface area contributed by atoms with E-state index in [1.165, 1.54) is 66.8 Å². The summed E-state index contributed by atoms with van der Waals surface area (Å²) in [4.78, 5) is 4.86. The van der Waals surface area contributed by atoms with Gasteiger partial charge in [0.2, 0.25) is 0 Å². The molecule has 0 radical (unpaired) electrons. The van der Waals surface area contributed by atoms with Gasteiger partial charge in [-0.25, -0.2) is 0 Å². The molecule has 0 unspecified atom stereocenters. The summed E-state index contributed by atoms with van der Waals surface area (Å²) in [5.41, 5.74) is 21.9. The van der Waals surface area contributed by atoms with Crippen LogP contribution in [-0.2, 0) is 16.2 Å². The van der Waals surface area contributed by atoms with Gasteiger partial charge < -0.3 is 9.80 Å². The van der Waals surface area contributed by atoms with Crippen LogP contribution in [0.15, 0.2) is 182 Å². The van der Waals surface area contributed by atoms with Gasteiger partial charge in [-0.2, -0.15) is 0 Å². The van der Waals surface area contributed by atoms with Crippen LogP contribution in [0.1, 0.15) is 86.1 Å². The fraction of sp³-hybridized carbons (Fsp3) is 0.186. The van der Waals surface area contributed by atoms with E-state index in [9.17, 15) is 0 Å². The number of hydrogen-bond acceptors (Lipinski definition) is 2. The molecule has 0 atom stereocenters. The number of aryl methyl sites for hydroxylation is 2. The van der Waals surface area contributed by atoms with Gasteiger partial charge in [-0.1, -0.05) is 151 Å². The fourth-order valence-electron chi connectivity index (χ4n) is 10.00. The van der Waals surface area contributed by atoms with Crippen LogP contribution in [0.2, 0.25) is 0 Å². The second kappa shape index (κ2) is 14.2. The Kier molecular flexibility index (Phi) is 9.00. The van der Waals surface area contributed by atoms with Crippen molar-refractivity contribution in [3.05, 3.63) is 226 Å². The Morgan fingerprint density at radius 1 is 0.311 bits per heavy atom. The quantitative estimate of drug-likeness (QED) is 0.166. The molecule has 8 aromatic carbocycles. The molecule has 1 spiro atoms. The van der Waals surface area contributed by atoms with Crippen molar-refractivity contribution in [3.8, 4) is 22.3 Å². The standard InChI is InChI=1S/C59H54N2/c1-39-17-15-23-45(33-39)60(43-19-11-9-12-20-43)47-27-31-51-52-32-28-48(61(44-21-13-10-14-22-44)46-24-16-18-40(2)34-46)38-56(52)59(55(51)37-47)53-35-41(57(3,4)5)25-29-49(53)50-30-26-42(36-54(50)59)58(6,7)8/h9-38H,1-8H3. The van der Waals surface area contributed by atoms with Crippen LogP contribution in [-0.4, -0.2) is 0 Å². The molecule has 0 saturated carbocycles. The van der Waals surface area contributed by atoms with Gasteiger partial charge in [0, 0.05) is 34.1 Å². The van der Waals surface area contributed by atoms with Crippen LogP contribution in [0.4, 0.5) is 34.1 Å². The van der Waals surface area contributed by atoms with Crippen molar-refractivity contribution in [2.45, 2.75) is 71.6 Å². The lowest BCUT2D eigenvalue weighted by molar-refractivity contribution is 0.586. The molecule has 0 bridgehead atoms. The van der Waals surface area contributed by atoms with Crippen molar-refractivity contribution in [3.63, 3.8) is 0 Å². The minimum absolute atomic E-state index is 0.0416. The van der Waals surface area contributed by atoms with Crippen LogP contribution < -0.4 is 9.80 Å². The van der Waals surface area contributed by atoms with E-state index < -0.39 is 5.41 Å². The first-order valence-electron chi connectivity index (χ1n) is 21.8. The van der Waals surface area contributed by atoms with Crippen molar-refractivity contribution in [2.24, 2.45) is 0 Å². The first kappa shape index (κ1) is 38.6. The van der Waals surface area contributed by atoms with Gasteiger partial charge in [0.1, 0.15) is 0 Å². The zero-order chi connectivity index (χ0) is 42.3. The highest BCUT2D eigenvalue weighted by molar-refractivity contribution is 5.98. The molecule has 0 saturated heterocycles. The minimum atomic E-state index is -0.589. The summed E-state index contributed by atoms with van der Waals surface area (Å²) in [5, 5.41) is 0. The normalized spacial score (nSPS) is 13.4. The molecule has 0 heterocycles. The number of benzene rings is 8. The number of anilines is 6. The molecule has 300 valence electrons. The van der Waals surface area contributed by atoms with Crippen LogP contribution in [0.3, 0.4) is 0 Å². The van der Waals surface area contributed by atoms with Crippen molar-refractivity contribution >= 4 is 34.1 Å². The summed E-state index contributed by atoms with van der Waals surface area (Å²) in [6.45, 7) is 18.4. The predicted molar refractivity (Wildman–Crippen MR) is 259 cm³/mol. The summed E-state index contributed by atoms with van der Waals surface area (Å²) in [6.07, 6.45) is 0. The Labute approximate surface area is 362 Å². The summed E-state index contributed by atoms with van der Waals surface area (Å²) in [5.74, 6) is 0. The maximum absolute atomic E-state index is 2.55. The minimum Gasteiger partial charge on any atom is -0.310 e. The van der Waals surface area contributed by atoms with Crippen molar-refractivity contribution < 1.29 is 0 Å². The zero-order valence-corrected chi connectivity index (χ0v) is 36.7. The van der Waals surface area contributed by atoms with Gasteiger partial charge in [0.25, 0.3) is 0 Å². The second-order valence-corrected chi connectivity index (χ2v) is 19.3. The van der Waals surface area contributed by atoms with Crippen molar-refractivity contribution in [1.29, 1.82) is 0 Å². The van der Waals surface area contributed by atoms with Crippen LogP contribution in [0.5, 0.6) is 0 Å². The smallest absolute Gasteiger partial charge is 0.0727 e. The lowest BCUT2D eigenvalue weighted by Gasteiger charge is -2.34. The molecule has 0 aliphatic heterocycles. The van der Waals surface area contributed by atoms with E-state index in [0.717, 1.165) is 34.1 Å². The third kappa shape index (κ3) is 6.31. The maximum Gasteiger partial charge on any atom is 0.0727 e. The lowest BCUT2D eigenvalue weighted by atomic mass is 9.68. The largest absolute Gasteiger partial charge is 0.310 e. The van der Waals surface area contributed by atoms with Gasteiger partial charge in [-0.05, 0) is 164 Å². The monoisotopic (exact) mass is 790 g/mol. The average molecular weight is 791 g/mol. The highest BCUT2D eigenvalue weighted by atomic mass is 15.1. The number of hydrogen-bond donors (Lipinski definition) is 0. The van der Waals surface area contributed by atoms with E-state index >= 15 is 0 Å². The molecule has 2 heteroatoms. The molecular formula is C59H54N2. The molecule has 61 heavy (non-hydrogen) atoms. The summed E-state index contributed by atoms with van der Waals surface area (Å²) < 4.78 is 0. The number of nitrogens with zero attached hydrogens (tertiary/aromatic N) is 2. The van der Waals surface area contributed by atoms with E-state index in [4.69, 9.17) is 0 Å². The molecule has 2 aliphatic rings. The van der Waals surface area contributed by atoms with E-state index in [0.29, 0.717) is 0 Å². The average Bonchev–Trinajstić information content (AvgIpc) is 3.70. The third-order valence-electron chi connectivity index (χ3n) is 13.0. The third-order valence-corrected chi connectivity index (χ3v) is 13.0. The van der Waals surface area contributed by atoms with Gasteiger partial charge in [0.15, 0.2) is 0 Å². The van der Waals surface area contributed by atoms with Crippen LogP contribution in [0.25, 0.3) is 22.3 Å². The summed E-state index contributed by atoms with van der Waals surface area (Å²) >= 11 is 0.